The van der Waals surface area contributed by atoms with Crippen LogP contribution in [-0.4, -0.2) is 0 Å². The minimum atomic E-state index is 0. The van der Waals surface area contributed by atoms with Crippen LogP contribution in [0.4, 0.5) is 0 Å². The van der Waals surface area contributed by atoms with Crippen molar-refractivity contribution in [3.05, 3.63) is 0 Å². The second kappa shape index (κ2) is 20.3. The van der Waals surface area contributed by atoms with E-state index < -0.39 is 0 Å². The maximum atomic E-state index is 8.33. The van der Waals surface area contributed by atoms with Crippen LogP contribution in [-0.2, 0) is 23.2 Å². The van der Waals surface area contributed by atoms with Gasteiger partial charge >= 0.3 is 23.2 Å². The first kappa shape index (κ1) is 16.8. The Balaban J connectivity index is -0.00000000500. The first-order valence-corrected chi connectivity index (χ1v) is 1.36. The van der Waals surface area contributed by atoms with Crippen molar-refractivity contribution in [3.63, 3.8) is 0 Å². The van der Waals surface area contributed by atoms with E-state index in [9.17, 15) is 0 Å². The molecule has 0 amide bonds. The molecule has 4 heavy (non-hydrogen) atoms. The summed E-state index contributed by atoms with van der Waals surface area (Å²) in [5.41, 5.74) is 0. The third-order valence-electron chi connectivity index (χ3n) is 0. The van der Waals surface area contributed by atoms with Crippen LogP contribution in [0.3, 0.4) is 0 Å². The molecule has 0 N–H and O–H groups in total. The van der Waals surface area contributed by atoms with Crippen LogP contribution in [0.25, 0.3) is 0 Å². The van der Waals surface area contributed by atoms with Crippen molar-refractivity contribution in [2.45, 2.75) is 0 Å². The Morgan fingerprint density at radius 1 is 1.00 bits per heavy atom. The van der Waals surface area contributed by atoms with Crippen molar-refractivity contribution in [2.24, 2.45) is 0 Å². The van der Waals surface area contributed by atoms with E-state index in [1.165, 1.54) is 0 Å². The Kier molecular flexibility index (Phi) is 85.1. The fourth-order valence-electron chi connectivity index (χ4n) is 0. The number of rotatable bonds is 0. The Morgan fingerprint density at radius 2 is 1.00 bits per heavy atom. The van der Waals surface area contributed by atoms with Gasteiger partial charge in [0, 0.05) is 0 Å². The van der Waals surface area contributed by atoms with E-state index in [4.69, 9.17) is 3.40 Å². The Labute approximate surface area is 70.2 Å². The van der Waals surface area contributed by atoms with Crippen LogP contribution in [0.15, 0.2) is 0 Å². The predicted molar refractivity (Wildman–Crippen MR) is 31.5 cm³/mol. The summed E-state index contributed by atoms with van der Waals surface area (Å²) < 4.78 is 8.33. The SMILES string of the molecule is I.I.[O]=[W]. The van der Waals surface area contributed by atoms with Gasteiger partial charge in [-0.25, -0.2) is 0 Å². The number of halogens is 2. The summed E-state index contributed by atoms with van der Waals surface area (Å²) >= 11 is 0.333. The van der Waals surface area contributed by atoms with Gasteiger partial charge in [0.2, 0.25) is 0 Å². The molecule has 0 fully saturated rings. The Morgan fingerprint density at radius 3 is 1.00 bits per heavy atom. The zero-order chi connectivity index (χ0) is 2.00. The summed E-state index contributed by atoms with van der Waals surface area (Å²) in [6, 6.07) is 0. The minimum absolute atomic E-state index is 0. The van der Waals surface area contributed by atoms with Gasteiger partial charge in [0.1, 0.15) is 0 Å². The molecule has 0 radical (unpaired) electrons. The first-order valence-electron chi connectivity index (χ1n) is 0.167. The second-order valence-corrected chi connectivity index (χ2v) is 0. The van der Waals surface area contributed by atoms with E-state index in [1.54, 1.807) is 0 Å². The van der Waals surface area contributed by atoms with Crippen LogP contribution in [0.1, 0.15) is 0 Å². The average Bonchev–Trinajstić information content (AvgIpc) is 1.00. The zero-order valence-electron chi connectivity index (χ0n) is 1.63. The van der Waals surface area contributed by atoms with E-state index in [0.717, 1.165) is 0 Å². The number of hydrogen-bond acceptors (Lipinski definition) is 1. The molecule has 0 saturated carbocycles. The molecular formula is H2I2OW. The summed E-state index contributed by atoms with van der Waals surface area (Å²) in [5.74, 6) is 0. The standard InChI is InChI=1S/2HI.O.W/h2*1H;;. The molecule has 4 heteroatoms. The third kappa shape index (κ3) is 9.04. The number of hydrogen-bond donors (Lipinski definition) is 0. The maximum absolute atomic E-state index is 8.33. The molecule has 0 aliphatic heterocycles. The molecule has 0 saturated heterocycles. The van der Waals surface area contributed by atoms with Crippen molar-refractivity contribution in [2.75, 3.05) is 0 Å². The molecule has 0 rings (SSSR count). The fourth-order valence-corrected chi connectivity index (χ4v) is 0. The molecule has 0 atom stereocenters. The summed E-state index contributed by atoms with van der Waals surface area (Å²) in [6.07, 6.45) is 0. The van der Waals surface area contributed by atoms with E-state index in [0.29, 0.717) is 19.8 Å². The van der Waals surface area contributed by atoms with E-state index in [-0.39, 0.29) is 48.0 Å². The van der Waals surface area contributed by atoms with Crippen LogP contribution < -0.4 is 0 Å². The summed E-state index contributed by atoms with van der Waals surface area (Å²) in [6.45, 7) is 0. The van der Waals surface area contributed by atoms with Crippen molar-refractivity contribution in [3.8, 4) is 0 Å². The van der Waals surface area contributed by atoms with Gasteiger partial charge in [0.15, 0.2) is 0 Å². The fraction of sp³-hybridized carbons (Fsp3) is 0. The van der Waals surface area contributed by atoms with Crippen LogP contribution in [0, 0.1) is 0 Å². The van der Waals surface area contributed by atoms with Gasteiger partial charge in [-0.15, -0.1) is 48.0 Å². The molecule has 0 aromatic rings. The molecule has 0 unspecified atom stereocenters. The molecule has 1 nitrogen and oxygen atoms in total. The first-order chi connectivity index (χ1) is 1.00. The molecule has 28 valence electrons. The van der Waals surface area contributed by atoms with E-state index >= 15 is 0 Å². The molecule has 0 aromatic heterocycles. The zero-order valence-corrected chi connectivity index (χ0v) is 9.23. The third-order valence-corrected chi connectivity index (χ3v) is 0. The van der Waals surface area contributed by atoms with E-state index in [2.05, 4.69) is 0 Å². The van der Waals surface area contributed by atoms with Gasteiger partial charge in [-0.3, -0.25) is 0 Å². The van der Waals surface area contributed by atoms with Crippen molar-refractivity contribution in [1.82, 2.24) is 0 Å². The normalized spacial score (nSPS) is 1.00. The van der Waals surface area contributed by atoms with Crippen LogP contribution in [0.5, 0.6) is 0 Å². The second-order valence-electron chi connectivity index (χ2n) is 0. The summed E-state index contributed by atoms with van der Waals surface area (Å²) in [7, 11) is 0. The van der Waals surface area contributed by atoms with E-state index in [1.807, 2.05) is 0 Å². The molecule has 0 heterocycles. The van der Waals surface area contributed by atoms with Gasteiger partial charge in [-0.1, -0.05) is 0 Å². The van der Waals surface area contributed by atoms with Crippen LogP contribution in [0.2, 0.25) is 0 Å². The average molecular weight is 456 g/mol. The summed E-state index contributed by atoms with van der Waals surface area (Å²) in [4.78, 5) is 0. The van der Waals surface area contributed by atoms with Gasteiger partial charge < -0.3 is 0 Å². The quantitative estimate of drug-likeness (QED) is 0.501. The molecule has 0 aliphatic rings. The molecule has 0 spiro atoms. The molecule has 0 aliphatic carbocycles. The Hall–Kier alpha value is 1.95. The molecule has 0 bridgehead atoms. The van der Waals surface area contributed by atoms with Gasteiger partial charge in [-0.05, 0) is 0 Å². The summed E-state index contributed by atoms with van der Waals surface area (Å²) in [5, 5.41) is 0. The molecular weight excluding hydrogens is 454 g/mol. The van der Waals surface area contributed by atoms with Crippen molar-refractivity contribution < 1.29 is 23.2 Å². The van der Waals surface area contributed by atoms with Gasteiger partial charge in [0.05, 0.1) is 0 Å². The van der Waals surface area contributed by atoms with Gasteiger partial charge in [-0.2, -0.15) is 0 Å². The predicted octanol–water partition coefficient (Wildman–Crippen LogP) is 1.11. The Bertz CT molecular complexity index is 6.00. The van der Waals surface area contributed by atoms with Gasteiger partial charge in [0.25, 0.3) is 0 Å². The monoisotopic (exact) mass is 456 g/mol. The van der Waals surface area contributed by atoms with Crippen molar-refractivity contribution >= 4 is 48.0 Å². The van der Waals surface area contributed by atoms with Crippen molar-refractivity contribution in [1.29, 1.82) is 0 Å². The van der Waals surface area contributed by atoms with Crippen LogP contribution >= 0.6 is 48.0 Å². The topological polar surface area (TPSA) is 17.1 Å². The molecule has 0 aromatic carbocycles.